The maximum Gasteiger partial charge on any atom is 0.229 e. The third-order valence-corrected chi connectivity index (χ3v) is 6.52. The molecule has 4 rings (SSSR count). The van der Waals surface area contributed by atoms with Gasteiger partial charge in [0, 0.05) is 47.9 Å². The van der Waals surface area contributed by atoms with Crippen molar-refractivity contribution in [3.8, 4) is 0 Å². The summed E-state index contributed by atoms with van der Waals surface area (Å²) in [5, 5.41) is 4.01. The molecule has 0 bridgehead atoms. The number of hydrogen-bond donors (Lipinski definition) is 1. The number of carbonyl (C=O) groups is 1. The van der Waals surface area contributed by atoms with E-state index in [2.05, 4.69) is 20.2 Å². The summed E-state index contributed by atoms with van der Waals surface area (Å²) in [6, 6.07) is 2.00. The van der Waals surface area contributed by atoms with Gasteiger partial charge < -0.3 is 10.2 Å². The van der Waals surface area contributed by atoms with Crippen LogP contribution in [0.2, 0.25) is 0 Å². The average molecular weight is 386 g/mol. The van der Waals surface area contributed by atoms with Crippen molar-refractivity contribution in [3.63, 3.8) is 0 Å². The second-order valence-corrected chi connectivity index (χ2v) is 8.88. The van der Waals surface area contributed by atoms with E-state index in [-0.39, 0.29) is 5.92 Å². The van der Waals surface area contributed by atoms with Crippen molar-refractivity contribution in [1.82, 2.24) is 19.9 Å². The van der Waals surface area contributed by atoms with E-state index in [0.29, 0.717) is 17.8 Å². The largest absolute Gasteiger partial charge is 0.342 e. The maximum absolute atomic E-state index is 12.7. The maximum atomic E-state index is 12.7. The number of rotatable bonds is 4. The number of hydrogen-bond acceptors (Lipinski definition) is 6. The number of nitrogens with one attached hydrogen (secondary N) is 1. The topological polar surface area (TPSA) is 71.0 Å². The summed E-state index contributed by atoms with van der Waals surface area (Å²) in [6.07, 6.45) is 11.5. The van der Waals surface area contributed by atoms with Crippen LogP contribution < -0.4 is 5.32 Å². The Hall–Kier alpha value is -2.02. The molecule has 1 aliphatic carbocycles. The number of aromatic nitrogens is 3. The molecule has 6 nitrogen and oxygen atoms in total. The molecule has 0 atom stereocenters. The zero-order valence-corrected chi connectivity index (χ0v) is 16.7. The Labute approximate surface area is 164 Å². The number of anilines is 2. The lowest BCUT2D eigenvalue weighted by atomic mass is 9.87. The second kappa shape index (κ2) is 8.33. The van der Waals surface area contributed by atoms with Crippen molar-refractivity contribution in [2.24, 2.45) is 5.92 Å². The molecule has 1 saturated carbocycles. The van der Waals surface area contributed by atoms with Gasteiger partial charge in [-0.2, -0.15) is 0 Å². The molecule has 2 aliphatic rings. The van der Waals surface area contributed by atoms with E-state index in [0.717, 1.165) is 54.5 Å². The Morgan fingerprint density at radius 1 is 1.15 bits per heavy atom. The van der Waals surface area contributed by atoms with Gasteiger partial charge in [-0.15, -0.1) is 11.3 Å². The predicted molar refractivity (Wildman–Crippen MR) is 107 cm³/mol. The molecular formula is C20H27N5OS. The fourth-order valence-corrected chi connectivity index (χ4v) is 4.83. The first kappa shape index (κ1) is 18.3. The summed E-state index contributed by atoms with van der Waals surface area (Å²) in [7, 11) is 0. The third kappa shape index (κ3) is 4.46. The van der Waals surface area contributed by atoms with Gasteiger partial charge in [0.25, 0.3) is 0 Å². The van der Waals surface area contributed by atoms with E-state index < -0.39 is 0 Å². The summed E-state index contributed by atoms with van der Waals surface area (Å²) in [5.74, 6) is 1.65. The molecular weight excluding hydrogens is 358 g/mol. The SMILES string of the molecule is Cc1cnc(Nc2nccc(C3CCN(C(=O)C4CCCCC4)CC3)n2)s1. The van der Waals surface area contributed by atoms with Gasteiger partial charge in [0.2, 0.25) is 11.9 Å². The molecule has 0 radical (unpaired) electrons. The van der Waals surface area contributed by atoms with E-state index in [1.165, 1.54) is 19.3 Å². The van der Waals surface area contributed by atoms with Crippen LogP contribution in [0.1, 0.15) is 61.4 Å². The molecule has 1 N–H and O–H groups in total. The van der Waals surface area contributed by atoms with Crippen molar-refractivity contribution in [3.05, 3.63) is 29.0 Å². The van der Waals surface area contributed by atoms with E-state index in [4.69, 9.17) is 4.98 Å². The zero-order chi connectivity index (χ0) is 18.6. The Kier molecular flexibility index (Phi) is 5.66. The van der Waals surface area contributed by atoms with Crippen molar-refractivity contribution < 1.29 is 4.79 Å². The molecule has 7 heteroatoms. The van der Waals surface area contributed by atoms with Crippen LogP contribution in [0.25, 0.3) is 0 Å². The zero-order valence-electron chi connectivity index (χ0n) is 15.9. The van der Waals surface area contributed by atoms with E-state index in [9.17, 15) is 4.79 Å². The number of thiazole rings is 1. The summed E-state index contributed by atoms with van der Waals surface area (Å²) in [5.41, 5.74) is 1.06. The Balaban J connectivity index is 1.35. The highest BCUT2D eigenvalue weighted by Gasteiger charge is 2.30. The van der Waals surface area contributed by atoms with Gasteiger partial charge in [-0.05, 0) is 38.7 Å². The van der Waals surface area contributed by atoms with Gasteiger partial charge in [0.05, 0.1) is 0 Å². The minimum absolute atomic E-state index is 0.270. The Bertz CT molecular complexity index is 778. The molecule has 1 aliphatic heterocycles. The minimum atomic E-state index is 0.270. The first-order valence-electron chi connectivity index (χ1n) is 10.0. The highest BCUT2D eigenvalue weighted by molar-refractivity contribution is 7.15. The van der Waals surface area contributed by atoms with Crippen LogP contribution in [0.3, 0.4) is 0 Å². The van der Waals surface area contributed by atoms with Crippen LogP contribution in [0.15, 0.2) is 18.5 Å². The fraction of sp³-hybridized carbons (Fsp3) is 0.600. The molecule has 0 aromatic carbocycles. The average Bonchev–Trinajstić information content (AvgIpc) is 3.13. The fourth-order valence-electron chi connectivity index (χ4n) is 4.17. The molecule has 0 spiro atoms. The second-order valence-electron chi connectivity index (χ2n) is 7.64. The highest BCUT2D eigenvalue weighted by atomic mass is 32.1. The van der Waals surface area contributed by atoms with Gasteiger partial charge >= 0.3 is 0 Å². The molecule has 2 aromatic rings. The first-order chi connectivity index (χ1) is 13.2. The van der Waals surface area contributed by atoms with Crippen molar-refractivity contribution >= 4 is 28.3 Å². The van der Waals surface area contributed by atoms with Crippen LogP contribution >= 0.6 is 11.3 Å². The van der Waals surface area contributed by atoms with Gasteiger partial charge in [-0.25, -0.2) is 15.0 Å². The lowest BCUT2D eigenvalue weighted by Gasteiger charge is -2.35. The van der Waals surface area contributed by atoms with Crippen molar-refractivity contribution in [2.75, 3.05) is 18.4 Å². The predicted octanol–water partition coefficient (Wildman–Crippen LogP) is 4.27. The van der Waals surface area contributed by atoms with Crippen molar-refractivity contribution in [2.45, 2.75) is 57.8 Å². The van der Waals surface area contributed by atoms with Crippen LogP contribution in [0, 0.1) is 12.8 Å². The molecule has 144 valence electrons. The van der Waals surface area contributed by atoms with Gasteiger partial charge in [-0.3, -0.25) is 4.79 Å². The molecule has 1 amide bonds. The molecule has 3 heterocycles. The number of likely N-dealkylation sites (tertiary alicyclic amines) is 1. The lowest BCUT2D eigenvalue weighted by Crippen LogP contribution is -2.42. The van der Waals surface area contributed by atoms with Crippen LogP contribution in [-0.2, 0) is 4.79 Å². The third-order valence-electron chi connectivity index (χ3n) is 5.70. The van der Waals surface area contributed by atoms with Gasteiger partial charge in [0.15, 0.2) is 5.13 Å². The summed E-state index contributed by atoms with van der Waals surface area (Å²) in [4.78, 5) is 29.3. The number of amides is 1. The van der Waals surface area contributed by atoms with E-state index in [1.807, 2.05) is 25.4 Å². The Morgan fingerprint density at radius 2 is 1.93 bits per heavy atom. The quantitative estimate of drug-likeness (QED) is 0.851. The minimum Gasteiger partial charge on any atom is -0.342 e. The van der Waals surface area contributed by atoms with Crippen LogP contribution in [-0.4, -0.2) is 38.8 Å². The number of aryl methyl sites for hydroxylation is 1. The van der Waals surface area contributed by atoms with E-state index >= 15 is 0 Å². The summed E-state index contributed by atoms with van der Waals surface area (Å²) in [6.45, 7) is 3.72. The molecule has 27 heavy (non-hydrogen) atoms. The van der Waals surface area contributed by atoms with Crippen molar-refractivity contribution in [1.29, 1.82) is 0 Å². The molecule has 1 saturated heterocycles. The first-order valence-corrected chi connectivity index (χ1v) is 10.8. The smallest absolute Gasteiger partial charge is 0.229 e. The van der Waals surface area contributed by atoms with Gasteiger partial charge in [-0.1, -0.05) is 19.3 Å². The summed E-state index contributed by atoms with van der Waals surface area (Å²) >= 11 is 1.59. The normalized spacial score (nSPS) is 19.2. The van der Waals surface area contributed by atoms with E-state index in [1.54, 1.807) is 11.3 Å². The monoisotopic (exact) mass is 385 g/mol. The Morgan fingerprint density at radius 3 is 2.63 bits per heavy atom. The molecule has 2 fully saturated rings. The number of nitrogens with zero attached hydrogens (tertiary/aromatic N) is 4. The number of carbonyl (C=O) groups excluding carboxylic acids is 1. The molecule has 2 aromatic heterocycles. The number of piperidine rings is 1. The highest BCUT2D eigenvalue weighted by Crippen LogP contribution is 2.31. The van der Waals surface area contributed by atoms with Crippen LogP contribution in [0.4, 0.5) is 11.1 Å². The lowest BCUT2D eigenvalue weighted by molar-refractivity contribution is -0.137. The molecule has 0 unspecified atom stereocenters. The summed E-state index contributed by atoms with van der Waals surface area (Å²) < 4.78 is 0. The van der Waals surface area contributed by atoms with Crippen LogP contribution in [0.5, 0.6) is 0 Å². The van der Waals surface area contributed by atoms with Gasteiger partial charge in [0.1, 0.15) is 0 Å². The standard InChI is InChI=1S/C20H27N5OS/c1-14-13-22-20(27-14)24-19-21-10-7-17(23-19)15-8-11-25(12-9-15)18(26)16-5-3-2-4-6-16/h7,10,13,15-16H,2-6,8-9,11-12H2,1H3,(H,21,22,23,24).